The van der Waals surface area contributed by atoms with Crippen molar-refractivity contribution < 1.29 is 4.74 Å². The molecule has 0 bridgehead atoms. The van der Waals surface area contributed by atoms with Crippen LogP contribution >= 0.6 is 12.6 Å². The summed E-state index contributed by atoms with van der Waals surface area (Å²) in [5.74, 6) is 1.51. The molecule has 0 aliphatic carbocycles. The Labute approximate surface area is 114 Å². The van der Waals surface area contributed by atoms with Crippen LogP contribution in [0.1, 0.15) is 0 Å². The van der Waals surface area contributed by atoms with Crippen LogP contribution in [0.2, 0.25) is 0 Å². The molecule has 0 aromatic heterocycles. The molecule has 0 aliphatic heterocycles. The molecule has 18 heavy (non-hydrogen) atoms. The van der Waals surface area contributed by atoms with Crippen LogP contribution < -0.4 is 4.74 Å². The lowest BCUT2D eigenvalue weighted by atomic mass is 10.1. The van der Waals surface area contributed by atoms with Gasteiger partial charge in [0.05, 0.1) is 0 Å². The fraction of sp³-hybridized carbons (Fsp3) is 0.125. The van der Waals surface area contributed by atoms with E-state index in [-0.39, 0.29) is 0 Å². The van der Waals surface area contributed by atoms with Gasteiger partial charge in [0.2, 0.25) is 0 Å². The molecule has 0 saturated heterocycles. The first-order chi connectivity index (χ1) is 8.79. The zero-order valence-electron chi connectivity index (χ0n) is 10.2. The molecule has 2 aromatic carbocycles. The summed E-state index contributed by atoms with van der Waals surface area (Å²) in [6.07, 6.45) is 0. The Kier molecular flexibility index (Phi) is 4.48. The van der Waals surface area contributed by atoms with Gasteiger partial charge in [-0.25, -0.2) is 0 Å². The molecule has 0 spiro atoms. The third-order valence-corrected chi connectivity index (χ3v) is 3.08. The fourth-order valence-corrected chi connectivity index (χ4v) is 1.70. The van der Waals surface area contributed by atoms with Crippen LogP contribution in [0, 0.1) is 0 Å². The average molecular weight is 256 g/mol. The third kappa shape index (κ3) is 3.41. The highest BCUT2D eigenvalue weighted by atomic mass is 32.1. The van der Waals surface area contributed by atoms with E-state index in [2.05, 4.69) is 43.5 Å². The van der Waals surface area contributed by atoms with E-state index >= 15 is 0 Å². The Morgan fingerprint density at radius 3 is 2.17 bits per heavy atom. The summed E-state index contributed by atoms with van der Waals surface area (Å²) in [6.45, 7) is 4.37. The lowest BCUT2D eigenvalue weighted by molar-refractivity contribution is 0.353. The largest absolute Gasteiger partial charge is 0.489 e. The van der Waals surface area contributed by atoms with Gasteiger partial charge in [-0.2, -0.15) is 12.6 Å². The van der Waals surface area contributed by atoms with Gasteiger partial charge >= 0.3 is 0 Å². The van der Waals surface area contributed by atoms with Crippen LogP contribution in [0.25, 0.3) is 11.1 Å². The first kappa shape index (κ1) is 12.8. The number of thiol groups is 1. The highest BCUT2D eigenvalue weighted by Gasteiger charge is 1.98. The average Bonchev–Trinajstić information content (AvgIpc) is 2.46. The fourth-order valence-electron chi connectivity index (χ4n) is 1.61. The van der Waals surface area contributed by atoms with Crippen LogP contribution in [-0.4, -0.2) is 12.4 Å². The van der Waals surface area contributed by atoms with Crippen molar-refractivity contribution in [2.75, 3.05) is 12.4 Å². The van der Waals surface area contributed by atoms with Gasteiger partial charge in [-0.05, 0) is 28.8 Å². The number of hydrogen-bond acceptors (Lipinski definition) is 2. The molecule has 0 heterocycles. The molecule has 0 N–H and O–H groups in total. The topological polar surface area (TPSA) is 9.23 Å². The maximum atomic E-state index is 5.60. The zero-order valence-corrected chi connectivity index (χ0v) is 11.1. The van der Waals surface area contributed by atoms with Crippen molar-refractivity contribution in [2.24, 2.45) is 0 Å². The molecule has 0 radical (unpaired) electrons. The van der Waals surface area contributed by atoms with Crippen molar-refractivity contribution in [1.82, 2.24) is 0 Å². The van der Waals surface area contributed by atoms with Crippen molar-refractivity contribution in [3.63, 3.8) is 0 Å². The summed E-state index contributed by atoms with van der Waals surface area (Å²) in [5, 5.41) is 0. The van der Waals surface area contributed by atoms with Crippen LogP contribution in [0.5, 0.6) is 5.75 Å². The van der Waals surface area contributed by atoms with Crippen LogP contribution in [0.4, 0.5) is 0 Å². The summed E-state index contributed by atoms with van der Waals surface area (Å²) < 4.78 is 5.60. The predicted octanol–water partition coefficient (Wildman–Crippen LogP) is 4.22. The predicted molar refractivity (Wildman–Crippen MR) is 80.4 cm³/mol. The summed E-state index contributed by atoms with van der Waals surface area (Å²) >= 11 is 4.15. The summed E-state index contributed by atoms with van der Waals surface area (Å²) in [4.78, 5) is 0. The maximum Gasteiger partial charge on any atom is 0.119 e. The molecular formula is C16H16OS. The van der Waals surface area contributed by atoms with E-state index in [1.54, 1.807) is 0 Å². The van der Waals surface area contributed by atoms with Crippen molar-refractivity contribution >= 4 is 12.6 Å². The standard InChI is InChI=1S/C16H16OS/c1-13(12-18)11-17-16-9-7-15(8-10-16)14-5-3-2-4-6-14/h2-10,18H,1,11-12H2. The molecule has 0 saturated carbocycles. The Bertz CT molecular complexity index is 502. The molecule has 0 atom stereocenters. The van der Waals surface area contributed by atoms with Gasteiger partial charge < -0.3 is 4.74 Å². The SMILES string of the molecule is C=C(CS)COc1ccc(-c2ccccc2)cc1. The second kappa shape index (κ2) is 6.31. The summed E-state index contributed by atoms with van der Waals surface area (Å²) in [6, 6.07) is 18.4. The Hall–Kier alpha value is -1.67. The molecule has 0 amide bonds. The molecular weight excluding hydrogens is 240 g/mol. The summed E-state index contributed by atoms with van der Waals surface area (Å²) in [7, 11) is 0. The van der Waals surface area contributed by atoms with Gasteiger partial charge in [0.1, 0.15) is 12.4 Å². The van der Waals surface area contributed by atoms with E-state index in [1.807, 2.05) is 30.3 Å². The second-order valence-corrected chi connectivity index (χ2v) is 4.40. The van der Waals surface area contributed by atoms with E-state index in [1.165, 1.54) is 11.1 Å². The highest BCUT2D eigenvalue weighted by molar-refractivity contribution is 7.80. The van der Waals surface area contributed by atoms with Gasteiger partial charge in [-0.15, -0.1) is 0 Å². The number of ether oxygens (including phenoxy) is 1. The number of hydrogen-bond donors (Lipinski definition) is 1. The van der Waals surface area contributed by atoms with Crippen LogP contribution in [0.3, 0.4) is 0 Å². The van der Waals surface area contributed by atoms with Gasteiger partial charge in [0, 0.05) is 5.75 Å². The summed E-state index contributed by atoms with van der Waals surface area (Å²) in [5.41, 5.74) is 3.38. The molecule has 1 nitrogen and oxygen atoms in total. The highest BCUT2D eigenvalue weighted by Crippen LogP contribution is 2.22. The van der Waals surface area contributed by atoms with Crippen molar-refractivity contribution in [2.45, 2.75) is 0 Å². The Balaban J connectivity index is 2.04. The molecule has 0 unspecified atom stereocenters. The number of rotatable bonds is 5. The van der Waals surface area contributed by atoms with Gasteiger partial charge in [0.15, 0.2) is 0 Å². The molecule has 92 valence electrons. The van der Waals surface area contributed by atoms with E-state index in [9.17, 15) is 0 Å². The number of benzene rings is 2. The van der Waals surface area contributed by atoms with Gasteiger partial charge in [-0.3, -0.25) is 0 Å². The monoisotopic (exact) mass is 256 g/mol. The van der Waals surface area contributed by atoms with E-state index < -0.39 is 0 Å². The molecule has 0 fully saturated rings. The van der Waals surface area contributed by atoms with Gasteiger partial charge in [0.25, 0.3) is 0 Å². The van der Waals surface area contributed by atoms with Crippen molar-refractivity contribution in [3.8, 4) is 16.9 Å². The minimum absolute atomic E-state index is 0.522. The molecule has 2 heteroatoms. The van der Waals surface area contributed by atoms with Crippen molar-refractivity contribution in [3.05, 3.63) is 66.7 Å². The maximum absolute atomic E-state index is 5.60. The zero-order chi connectivity index (χ0) is 12.8. The normalized spacial score (nSPS) is 10.1. The molecule has 0 aliphatic rings. The van der Waals surface area contributed by atoms with E-state index in [4.69, 9.17) is 4.74 Å². The first-order valence-corrected chi connectivity index (χ1v) is 6.48. The van der Waals surface area contributed by atoms with E-state index in [0.717, 1.165) is 11.3 Å². The second-order valence-electron chi connectivity index (χ2n) is 4.09. The first-order valence-electron chi connectivity index (χ1n) is 5.85. The molecule has 2 aromatic rings. The lowest BCUT2D eigenvalue weighted by Gasteiger charge is -2.08. The lowest BCUT2D eigenvalue weighted by Crippen LogP contribution is -2.00. The Morgan fingerprint density at radius 2 is 1.56 bits per heavy atom. The van der Waals surface area contributed by atoms with Gasteiger partial charge in [-0.1, -0.05) is 49.0 Å². The van der Waals surface area contributed by atoms with E-state index in [0.29, 0.717) is 12.4 Å². The molecule has 2 rings (SSSR count). The van der Waals surface area contributed by atoms with Crippen LogP contribution in [0.15, 0.2) is 66.7 Å². The quantitative estimate of drug-likeness (QED) is 0.622. The smallest absolute Gasteiger partial charge is 0.119 e. The minimum Gasteiger partial charge on any atom is -0.489 e. The van der Waals surface area contributed by atoms with Crippen molar-refractivity contribution in [1.29, 1.82) is 0 Å². The third-order valence-electron chi connectivity index (χ3n) is 2.63. The van der Waals surface area contributed by atoms with Crippen LogP contribution in [-0.2, 0) is 0 Å². The minimum atomic E-state index is 0.522. The Morgan fingerprint density at radius 1 is 0.944 bits per heavy atom.